The maximum atomic E-state index is 4.11. The van der Waals surface area contributed by atoms with E-state index in [2.05, 4.69) is 24.0 Å². The predicted molar refractivity (Wildman–Crippen MR) is 44.4 cm³/mol. The zero-order chi connectivity index (χ0) is 7.40. The van der Waals surface area contributed by atoms with Gasteiger partial charge in [-0.25, -0.2) is 0 Å². The van der Waals surface area contributed by atoms with E-state index in [9.17, 15) is 0 Å². The average molecular weight is 156 g/mol. The van der Waals surface area contributed by atoms with E-state index >= 15 is 0 Å². The number of aryl methyl sites for hydroxylation is 1. The summed E-state index contributed by atoms with van der Waals surface area (Å²) in [5.74, 6) is 1.10. The first kappa shape index (κ1) is 7.66. The Hall–Kier alpha value is -0.440. The van der Waals surface area contributed by atoms with E-state index in [4.69, 9.17) is 0 Å². The van der Waals surface area contributed by atoms with Crippen molar-refractivity contribution in [1.29, 1.82) is 0 Å². The fourth-order valence-electron chi connectivity index (χ4n) is 0.817. The van der Waals surface area contributed by atoms with Crippen LogP contribution >= 0.6 is 11.8 Å². The van der Waals surface area contributed by atoms with E-state index < -0.39 is 0 Å². The van der Waals surface area contributed by atoms with Crippen LogP contribution in [0.3, 0.4) is 0 Å². The highest BCUT2D eigenvalue weighted by molar-refractivity contribution is 7.99. The number of thioether (sulfide) groups is 1. The number of hydrogen-bond acceptors (Lipinski definition) is 2. The molecule has 3 heteroatoms. The molecule has 0 saturated heterocycles. The Morgan fingerprint density at radius 1 is 1.60 bits per heavy atom. The molecule has 0 saturated carbocycles. The van der Waals surface area contributed by atoms with Crippen LogP contribution in [0, 0.1) is 0 Å². The van der Waals surface area contributed by atoms with Crippen LogP contribution in [-0.2, 0) is 6.42 Å². The molecule has 0 amide bonds. The molecule has 1 aromatic heterocycles. The Labute approximate surface area is 65.4 Å². The molecule has 10 heavy (non-hydrogen) atoms. The van der Waals surface area contributed by atoms with Gasteiger partial charge in [0.2, 0.25) is 0 Å². The van der Waals surface area contributed by atoms with Gasteiger partial charge in [0, 0.05) is 11.8 Å². The fourth-order valence-corrected chi connectivity index (χ4v) is 1.60. The lowest BCUT2D eigenvalue weighted by Crippen LogP contribution is -1.80. The third kappa shape index (κ3) is 1.53. The summed E-state index contributed by atoms with van der Waals surface area (Å²) in [7, 11) is 0. The largest absolute Gasteiger partial charge is 0.284 e. The molecule has 1 heterocycles. The van der Waals surface area contributed by atoms with Crippen molar-refractivity contribution in [3.63, 3.8) is 0 Å². The molecular formula is C7H12N2S. The minimum absolute atomic E-state index is 1.07. The number of H-pyrrole nitrogens is 1. The molecule has 0 radical (unpaired) electrons. The number of aromatic nitrogens is 2. The summed E-state index contributed by atoms with van der Waals surface area (Å²) < 4.78 is 0. The second-order valence-electron chi connectivity index (χ2n) is 2.00. The molecule has 0 atom stereocenters. The summed E-state index contributed by atoms with van der Waals surface area (Å²) in [4.78, 5) is 0. The molecule has 1 N–H and O–H groups in total. The van der Waals surface area contributed by atoms with E-state index in [0.717, 1.165) is 17.2 Å². The fraction of sp³-hybridized carbons (Fsp3) is 0.571. The van der Waals surface area contributed by atoms with Crippen molar-refractivity contribution in [2.45, 2.75) is 25.3 Å². The maximum Gasteiger partial charge on any atom is 0.121 e. The predicted octanol–water partition coefficient (Wildman–Crippen LogP) is 2.08. The Morgan fingerprint density at radius 2 is 2.40 bits per heavy atom. The van der Waals surface area contributed by atoms with Crippen LogP contribution in [0.15, 0.2) is 11.2 Å². The Kier molecular flexibility index (Phi) is 2.81. The van der Waals surface area contributed by atoms with Crippen molar-refractivity contribution >= 4 is 11.8 Å². The van der Waals surface area contributed by atoms with Gasteiger partial charge in [0.1, 0.15) is 5.03 Å². The van der Waals surface area contributed by atoms with Gasteiger partial charge in [0.05, 0.1) is 0 Å². The monoisotopic (exact) mass is 156 g/mol. The molecule has 0 aliphatic rings. The highest BCUT2D eigenvalue weighted by Crippen LogP contribution is 2.18. The average Bonchev–Trinajstić information content (AvgIpc) is 2.36. The van der Waals surface area contributed by atoms with Gasteiger partial charge in [-0.05, 0) is 12.2 Å². The van der Waals surface area contributed by atoms with Gasteiger partial charge in [0.15, 0.2) is 0 Å². The third-order valence-corrected chi connectivity index (χ3v) is 2.26. The second kappa shape index (κ2) is 3.66. The number of aromatic amines is 1. The number of rotatable bonds is 3. The molecule has 2 nitrogen and oxygen atoms in total. The minimum atomic E-state index is 1.07. The molecule has 1 rings (SSSR count). The van der Waals surface area contributed by atoms with Crippen LogP contribution < -0.4 is 0 Å². The summed E-state index contributed by atoms with van der Waals surface area (Å²) in [6.45, 7) is 4.28. The minimum Gasteiger partial charge on any atom is -0.284 e. The van der Waals surface area contributed by atoms with Crippen LogP contribution in [0.1, 0.15) is 19.4 Å². The van der Waals surface area contributed by atoms with Gasteiger partial charge in [-0.1, -0.05) is 13.8 Å². The van der Waals surface area contributed by atoms with Gasteiger partial charge in [-0.2, -0.15) is 5.10 Å². The first-order valence-corrected chi connectivity index (χ1v) is 4.52. The Balaban J connectivity index is 2.70. The SMILES string of the molecule is CCSc1n[nH]cc1CC. The molecule has 0 aliphatic heterocycles. The molecule has 56 valence electrons. The normalized spacial score (nSPS) is 10.2. The maximum absolute atomic E-state index is 4.11. The zero-order valence-electron chi connectivity index (χ0n) is 6.35. The van der Waals surface area contributed by atoms with E-state index in [1.165, 1.54) is 5.56 Å². The van der Waals surface area contributed by atoms with Crippen molar-refractivity contribution in [2.75, 3.05) is 5.75 Å². The molecule has 0 fully saturated rings. The van der Waals surface area contributed by atoms with Crippen LogP contribution in [0.25, 0.3) is 0 Å². The van der Waals surface area contributed by atoms with Crippen molar-refractivity contribution in [3.05, 3.63) is 11.8 Å². The lowest BCUT2D eigenvalue weighted by Gasteiger charge is -1.93. The van der Waals surface area contributed by atoms with Gasteiger partial charge >= 0.3 is 0 Å². The van der Waals surface area contributed by atoms with Crippen LogP contribution in [-0.4, -0.2) is 16.0 Å². The van der Waals surface area contributed by atoms with Crippen molar-refractivity contribution < 1.29 is 0 Å². The lowest BCUT2D eigenvalue weighted by atomic mass is 10.3. The quantitative estimate of drug-likeness (QED) is 0.679. The van der Waals surface area contributed by atoms with Gasteiger partial charge in [-0.3, -0.25) is 5.10 Å². The molecule has 0 bridgehead atoms. The van der Waals surface area contributed by atoms with Crippen molar-refractivity contribution in [3.8, 4) is 0 Å². The van der Waals surface area contributed by atoms with Gasteiger partial charge in [0.25, 0.3) is 0 Å². The summed E-state index contributed by atoms with van der Waals surface area (Å²) in [6, 6.07) is 0. The summed E-state index contributed by atoms with van der Waals surface area (Å²) >= 11 is 1.79. The smallest absolute Gasteiger partial charge is 0.121 e. The van der Waals surface area contributed by atoms with E-state index in [1.54, 1.807) is 11.8 Å². The zero-order valence-corrected chi connectivity index (χ0v) is 7.16. The van der Waals surface area contributed by atoms with Crippen LogP contribution in [0.4, 0.5) is 0 Å². The first-order valence-electron chi connectivity index (χ1n) is 3.54. The second-order valence-corrected chi connectivity index (χ2v) is 3.25. The molecule has 0 unspecified atom stereocenters. The Bertz CT molecular complexity index is 195. The highest BCUT2D eigenvalue weighted by atomic mass is 32.2. The van der Waals surface area contributed by atoms with Crippen LogP contribution in [0.2, 0.25) is 0 Å². The topological polar surface area (TPSA) is 28.7 Å². The Morgan fingerprint density at radius 3 is 3.00 bits per heavy atom. The molecule has 0 aromatic carbocycles. The summed E-state index contributed by atoms with van der Waals surface area (Å²) in [5, 5.41) is 8.14. The standard InChI is InChI=1S/C7H12N2S/c1-3-6-5-8-9-7(6)10-4-2/h5H,3-4H2,1-2H3,(H,8,9). The van der Waals surface area contributed by atoms with Crippen molar-refractivity contribution in [1.82, 2.24) is 10.2 Å². The third-order valence-electron chi connectivity index (χ3n) is 1.34. The molecule has 1 aromatic rings. The number of nitrogens with one attached hydrogen (secondary N) is 1. The summed E-state index contributed by atoms with van der Waals surface area (Å²) in [5.41, 5.74) is 1.33. The molecular weight excluding hydrogens is 144 g/mol. The molecule has 0 spiro atoms. The van der Waals surface area contributed by atoms with E-state index in [0.29, 0.717) is 0 Å². The first-order chi connectivity index (χ1) is 4.88. The highest BCUT2D eigenvalue weighted by Gasteiger charge is 2.01. The number of hydrogen-bond donors (Lipinski definition) is 1. The van der Waals surface area contributed by atoms with E-state index in [-0.39, 0.29) is 0 Å². The number of nitrogens with zero attached hydrogens (tertiary/aromatic N) is 1. The molecule has 0 aliphatic carbocycles. The van der Waals surface area contributed by atoms with Gasteiger partial charge in [-0.15, -0.1) is 11.8 Å². The van der Waals surface area contributed by atoms with Gasteiger partial charge < -0.3 is 0 Å². The van der Waals surface area contributed by atoms with E-state index in [1.807, 2.05) is 6.20 Å². The lowest BCUT2D eigenvalue weighted by molar-refractivity contribution is 0.983. The van der Waals surface area contributed by atoms with Crippen LogP contribution in [0.5, 0.6) is 0 Å². The van der Waals surface area contributed by atoms with Crippen molar-refractivity contribution in [2.24, 2.45) is 0 Å². The summed E-state index contributed by atoms with van der Waals surface area (Å²) in [6.07, 6.45) is 3.04.